The molecule has 1 atom stereocenters. The van der Waals surface area contributed by atoms with Crippen molar-refractivity contribution in [2.24, 2.45) is 5.73 Å². The molecule has 1 rings (SSSR count). The molecule has 1 aromatic carbocycles. The molecule has 0 aliphatic rings. The molecule has 0 spiro atoms. The third kappa shape index (κ3) is 2.29. The minimum absolute atomic E-state index is 0.171. The number of nitrogens with two attached hydrogens (primary N) is 1. The quantitative estimate of drug-likeness (QED) is 0.436. The lowest BCUT2D eigenvalue weighted by molar-refractivity contribution is -0.385. The Morgan fingerprint density at radius 1 is 1.60 bits per heavy atom. The fourth-order valence-corrected chi connectivity index (χ4v) is 1.13. The summed E-state index contributed by atoms with van der Waals surface area (Å²) in [6.45, 7) is 1.43. The molecule has 0 aromatic heterocycles. The zero-order valence-electron chi connectivity index (χ0n) is 8.01. The van der Waals surface area contributed by atoms with Crippen LogP contribution in [-0.4, -0.2) is 21.9 Å². The monoisotopic (exact) mass is 210 g/mol. The van der Waals surface area contributed by atoms with E-state index in [0.29, 0.717) is 0 Å². The van der Waals surface area contributed by atoms with Crippen LogP contribution >= 0.6 is 0 Å². The number of benzene rings is 1. The summed E-state index contributed by atoms with van der Waals surface area (Å²) in [7, 11) is 0. The fourth-order valence-electron chi connectivity index (χ4n) is 1.13. The molecule has 0 saturated heterocycles. The normalized spacial score (nSPS) is 12.1. The van der Waals surface area contributed by atoms with Crippen LogP contribution < -0.4 is 5.73 Å². The lowest BCUT2D eigenvalue weighted by Crippen LogP contribution is -2.27. The van der Waals surface area contributed by atoms with Gasteiger partial charge in [-0.1, -0.05) is 0 Å². The van der Waals surface area contributed by atoms with Crippen molar-refractivity contribution in [2.45, 2.75) is 13.0 Å². The zero-order chi connectivity index (χ0) is 11.6. The summed E-state index contributed by atoms with van der Waals surface area (Å²) in [6, 6.07) is 2.43. The van der Waals surface area contributed by atoms with Crippen molar-refractivity contribution >= 4 is 11.5 Å². The topological polar surface area (TPSA) is 106 Å². The largest absolute Gasteiger partial charge is 0.508 e. The second kappa shape index (κ2) is 4.05. The molecule has 0 amide bonds. The molecule has 1 aromatic rings. The highest BCUT2D eigenvalue weighted by Gasteiger charge is 2.22. The van der Waals surface area contributed by atoms with Crippen LogP contribution in [0, 0.1) is 10.1 Å². The van der Waals surface area contributed by atoms with Crippen LogP contribution in [0.15, 0.2) is 18.2 Å². The summed E-state index contributed by atoms with van der Waals surface area (Å²) >= 11 is 0. The SMILES string of the molecule is CC(N)C(=O)c1cc(O)ccc1[N+](=O)[O-]. The highest BCUT2D eigenvalue weighted by Crippen LogP contribution is 2.24. The van der Waals surface area contributed by atoms with Crippen LogP contribution in [0.3, 0.4) is 0 Å². The molecule has 0 bridgehead atoms. The Kier molecular flexibility index (Phi) is 3.01. The van der Waals surface area contributed by atoms with E-state index in [2.05, 4.69) is 0 Å². The number of nitro groups is 1. The summed E-state index contributed by atoms with van der Waals surface area (Å²) in [6.07, 6.45) is 0. The number of carbonyl (C=O) groups is 1. The van der Waals surface area contributed by atoms with Gasteiger partial charge in [0.15, 0.2) is 5.78 Å². The van der Waals surface area contributed by atoms with Gasteiger partial charge in [0.1, 0.15) is 11.3 Å². The van der Waals surface area contributed by atoms with E-state index in [-0.39, 0.29) is 17.0 Å². The van der Waals surface area contributed by atoms with Gasteiger partial charge in [0, 0.05) is 6.07 Å². The van der Waals surface area contributed by atoms with Gasteiger partial charge in [-0.15, -0.1) is 0 Å². The van der Waals surface area contributed by atoms with E-state index in [1.54, 1.807) is 0 Å². The molecule has 0 radical (unpaired) electrons. The molecule has 0 aliphatic heterocycles. The van der Waals surface area contributed by atoms with Crippen LogP contribution in [0.2, 0.25) is 0 Å². The molecule has 6 nitrogen and oxygen atoms in total. The zero-order valence-corrected chi connectivity index (χ0v) is 8.01. The van der Waals surface area contributed by atoms with E-state index in [9.17, 15) is 14.9 Å². The highest BCUT2D eigenvalue weighted by molar-refractivity contribution is 6.03. The third-order valence-corrected chi connectivity index (χ3v) is 1.86. The number of phenols is 1. The average molecular weight is 210 g/mol. The van der Waals surface area contributed by atoms with Gasteiger partial charge in [0.2, 0.25) is 0 Å². The van der Waals surface area contributed by atoms with Crippen LogP contribution in [0.1, 0.15) is 17.3 Å². The summed E-state index contributed by atoms with van der Waals surface area (Å²) in [5, 5.41) is 19.7. The van der Waals surface area contributed by atoms with Crippen LogP contribution in [-0.2, 0) is 0 Å². The van der Waals surface area contributed by atoms with Crippen molar-refractivity contribution in [1.29, 1.82) is 0 Å². The number of hydrogen-bond donors (Lipinski definition) is 2. The van der Waals surface area contributed by atoms with Crippen molar-refractivity contribution in [3.8, 4) is 5.75 Å². The van der Waals surface area contributed by atoms with E-state index in [0.717, 1.165) is 18.2 Å². The van der Waals surface area contributed by atoms with Gasteiger partial charge in [-0.05, 0) is 19.1 Å². The lowest BCUT2D eigenvalue weighted by atomic mass is 10.0. The van der Waals surface area contributed by atoms with Crippen LogP contribution in [0.25, 0.3) is 0 Å². The van der Waals surface area contributed by atoms with E-state index >= 15 is 0 Å². The fraction of sp³-hybridized carbons (Fsp3) is 0.222. The first kappa shape index (κ1) is 11.1. The van der Waals surface area contributed by atoms with Crippen LogP contribution in [0.5, 0.6) is 5.75 Å². The number of nitro benzene ring substituents is 1. The molecular formula is C9H10N2O4. The standard InChI is InChI=1S/C9H10N2O4/c1-5(10)9(13)7-4-6(12)2-3-8(7)11(14)15/h2-5,12H,10H2,1H3. The average Bonchev–Trinajstić information content (AvgIpc) is 2.15. The number of ketones is 1. The third-order valence-electron chi connectivity index (χ3n) is 1.86. The summed E-state index contributed by atoms with van der Waals surface area (Å²) in [4.78, 5) is 21.4. The second-order valence-electron chi connectivity index (χ2n) is 3.11. The second-order valence-corrected chi connectivity index (χ2v) is 3.11. The molecule has 0 heterocycles. The number of aromatic hydroxyl groups is 1. The van der Waals surface area contributed by atoms with Crippen molar-refractivity contribution in [2.75, 3.05) is 0 Å². The minimum atomic E-state index is -0.842. The van der Waals surface area contributed by atoms with E-state index in [4.69, 9.17) is 10.8 Å². The Hall–Kier alpha value is -1.95. The summed E-state index contributed by atoms with van der Waals surface area (Å²) in [5.74, 6) is -0.776. The first-order valence-electron chi connectivity index (χ1n) is 4.20. The Balaban J connectivity index is 3.30. The number of Topliss-reactive ketones (excluding diaryl/α,β-unsaturated/α-hetero) is 1. The maximum atomic E-state index is 11.5. The molecule has 6 heteroatoms. The Morgan fingerprint density at radius 3 is 2.67 bits per heavy atom. The van der Waals surface area contributed by atoms with Crippen molar-refractivity contribution < 1.29 is 14.8 Å². The number of hydrogen-bond acceptors (Lipinski definition) is 5. The van der Waals surface area contributed by atoms with E-state index in [1.807, 2.05) is 0 Å². The Bertz CT molecular complexity index is 415. The van der Waals surface area contributed by atoms with Gasteiger partial charge in [0.25, 0.3) is 5.69 Å². The smallest absolute Gasteiger partial charge is 0.280 e. The van der Waals surface area contributed by atoms with Crippen LogP contribution in [0.4, 0.5) is 5.69 Å². The lowest BCUT2D eigenvalue weighted by Gasteiger charge is -2.05. The number of carbonyl (C=O) groups excluding carboxylic acids is 1. The van der Waals surface area contributed by atoms with Gasteiger partial charge < -0.3 is 10.8 Å². The van der Waals surface area contributed by atoms with E-state index < -0.39 is 16.7 Å². The molecule has 80 valence electrons. The molecule has 1 unspecified atom stereocenters. The molecule has 0 fully saturated rings. The number of rotatable bonds is 3. The van der Waals surface area contributed by atoms with Gasteiger partial charge in [0.05, 0.1) is 11.0 Å². The summed E-state index contributed by atoms with van der Waals surface area (Å²) in [5.41, 5.74) is 4.81. The number of nitrogens with zero attached hydrogens (tertiary/aromatic N) is 1. The molecular weight excluding hydrogens is 200 g/mol. The molecule has 0 aliphatic carbocycles. The van der Waals surface area contributed by atoms with Crippen molar-refractivity contribution in [3.05, 3.63) is 33.9 Å². The Morgan fingerprint density at radius 2 is 2.20 bits per heavy atom. The van der Waals surface area contributed by atoms with E-state index in [1.165, 1.54) is 6.92 Å². The maximum absolute atomic E-state index is 11.5. The van der Waals surface area contributed by atoms with Gasteiger partial charge in [-0.2, -0.15) is 0 Å². The maximum Gasteiger partial charge on any atom is 0.280 e. The van der Waals surface area contributed by atoms with Gasteiger partial charge in [-0.3, -0.25) is 14.9 Å². The molecule has 15 heavy (non-hydrogen) atoms. The predicted octanol–water partition coefficient (Wildman–Crippen LogP) is 0.830. The first-order chi connectivity index (χ1) is 6.93. The minimum Gasteiger partial charge on any atom is -0.508 e. The van der Waals surface area contributed by atoms with Crippen molar-refractivity contribution in [3.63, 3.8) is 0 Å². The predicted molar refractivity (Wildman–Crippen MR) is 52.7 cm³/mol. The summed E-state index contributed by atoms with van der Waals surface area (Å²) < 4.78 is 0. The van der Waals surface area contributed by atoms with Gasteiger partial charge >= 0.3 is 0 Å². The molecule has 0 saturated carbocycles. The van der Waals surface area contributed by atoms with Crippen molar-refractivity contribution in [1.82, 2.24) is 0 Å². The first-order valence-corrected chi connectivity index (χ1v) is 4.20. The molecule has 3 N–H and O–H groups in total. The number of phenolic OH excluding ortho intramolecular Hbond substituents is 1. The van der Waals surface area contributed by atoms with Gasteiger partial charge in [-0.25, -0.2) is 0 Å². The highest BCUT2D eigenvalue weighted by atomic mass is 16.6. The Labute approximate surface area is 85.5 Å².